The second-order valence-corrected chi connectivity index (χ2v) is 4.48. The van der Waals surface area contributed by atoms with Gasteiger partial charge in [0.05, 0.1) is 6.20 Å². The lowest BCUT2D eigenvalue weighted by Gasteiger charge is -2.01. The van der Waals surface area contributed by atoms with Crippen molar-refractivity contribution in [3.63, 3.8) is 0 Å². The monoisotopic (exact) mass is 240 g/mol. The van der Waals surface area contributed by atoms with Crippen molar-refractivity contribution in [2.24, 2.45) is 0 Å². The lowest BCUT2D eigenvalue weighted by Crippen LogP contribution is -2.04. The fraction of sp³-hybridized carbons (Fsp3) is 0. The Balaban J connectivity index is 2.16. The summed E-state index contributed by atoms with van der Waals surface area (Å²) < 4.78 is 1.00. The number of hydrogen-bond acceptors (Lipinski definition) is 4. The summed E-state index contributed by atoms with van der Waals surface area (Å²) in [6, 6.07) is 7.72. The fourth-order valence-electron chi connectivity index (χ4n) is 1.73. The average molecular weight is 240 g/mol. The Bertz CT molecular complexity index is 676. The maximum absolute atomic E-state index is 12.3. The first kappa shape index (κ1) is 10.1. The van der Waals surface area contributed by atoms with E-state index in [0.29, 0.717) is 11.3 Å². The Morgan fingerprint density at radius 2 is 2.12 bits per heavy atom. The predicted molar refractivity (Wildman–Crippen MR) is 67.3 cm³/mol. The number of thiophene rings is 1. The van der Waals surface area contributed by atoms with Gasteiger partial charge >= 0.3 is 0 Å². The molecule has 82 valence electrons. The van der Waals surface area contributed by atoms with E-state index in [4.69, 9.17) is 0 Å². The highest BCUT2D eigenvalue weighted by Gasteiger charge is 2.14. The zero-order chi connectivity index (χ0) is 11.7. The van der Waals surface area contributed by atoms with Crippen molar-refractivity contribution in [2.45, 2.75) is 0 Å². The van der Waals surface area contributed by atoms with Crippen LogP contribution in [-0.4, -0.2) is 15.8 Å². The van der Waals surface area contributed by atoms with Crippen molar-refractivity contribution in [1.29, 1.82) is 0 Å². The molecule has 0 saturated heterocycles. The molecule has 3 nitrogen and oxygen atoms in total. The van der Waals surface area contributed by atoms with Crippen molar-refractivity contribution in [1.82, 2.24) is 9.97 Å². The summed E-state index contributed by atoms with van der Waals surface area (Å²) in [7, 11) is 0. The maximum Gasteiger partial charge on any atom is 0.214 e. The van der Waals surface area contributed by atoms with E-state index in [1.807, 2.05) is 29.6 Å². The molecule has 17 heavy (non-hydrogen) atoms. The molecule has 1 aromatic carbocycles. The summed E-state index contributed by atoms with van der Waals surface area (Å²) >= 11 is 1.57. The van der Waals surface area contributed by atoms with Crippen LogP contribution in [0.25, 0.3) is 10.1 Å². The SMILES string of the molecule is O=C(c1cnccn1)c1cccc2ccsc12. The third-order valence-electron chi connectivity index (χ3n) is 2.52. The van der Waals surface area contributed by atoms with Gasteiger partial charge in [-0.1, -0.05) is 12.1 Å². The largest absolute Gasteiger partial charge is 0.287 e. The zero-order valence-electron chi connectivity index (χ0n) is 8.83. The summed E-state index contributed by atoms with van der Waals surface area (Å²) in [4.78, 5) is 20.2. The number of hydrogen-bond donors (Lipinski definition) is 0. The zero-order valence-corrected chi connectivity index (χ0v) is 9.65. The fourth-order valence-corrected chi connectivity index (χ4v) is 2.64. The molecule has 0 aliphatic carbocycles. The molecule has 4 heteroatoms. The minimum atomic E-state index is -0.0776. The van der Waals surface area contributed by atoms with E-state index in [-0.39, 0.29) is 5.78 Å². The molecule has 0 N–H and O–H groups in total. The first-order valence-corrected chi connectivity index (χ1v) is 6.01. The molecule has 2 aromatic heterocycles. The summed E-state index contributed by atoms with van der Waals surface area (Å²) in [5.41, 5.74) is 1.08. The molecule has 3 rings (SSSR count). The third-order valence-corrected chi connectivity index (χ3v) is 3.48. The van der Waals surface area contributed by atoms with Gasteiger partial charge in [-0.2, -0.15) is 0 Å². The average Bonchev–Trinajstić information content (AvgIpc) is 2.87. The highest BCUT2D eigenvalue weighted by molar-refractivity contribution is 7.17. The van der Waals surface area contributed by atoms with Crippen LogP contribution in [0.2, 0.25) is 0 Å². The maximum atomic E-state index is 12.3. The highest BCUT2D eigenvalue weighted by Crippen LogP contribution is 2.25. The van der Waals surface area contributed by atoms with Gasteiger partial charge < -0.3 is 0 Å². The second kappa shape index (κ2) is 4.07. The summed E-state index contributed by atoms with van der Waals surface area (Å²) in [6.07, 6.45) is 4.58. The number of fused-ring (bicyclic) bond motifs is 1. The molecule has 3 aromatic rings. The summed E-state index contributed by atoms with van der Waals surface area (Å²) in [6.45, 7) is 0. The van der Waals surface area contributed by atoms with Gasteiger partial charge in [-0.15, -0.1) is 11.3 Å². The van der Waals surface area contributed by atoms with Crippen LogP contribution in [0.15, 0.2) is 48.2 Å². The number of ketones is 1. The molecule has 0 unspecified atom stereocenters. The van der Waals surface area contributed by atoms with E-state index < -0.39 is 0 Å². The Morgan fingerprint density at radius 1 is 1.18 bits per heavy atom. The van der Waals surface area contributed by atoms with E-state index in [2.05, 4.69) is 9.97 Å². The van der Waals surface area contributed by atoms with Crippen molar-refractivity contribution < 1.29 is 4.79 Å². The molecule has 2 heterocycles. The molecular formula is C13H8N2OS. The van der Waals surface area contributed by atoms with Gasteiger partial charge in [-0.05, 0) is 22.9 Å². The van der Waals surface area contributed by atoms with Gasteiger partial charge in [-0.25, -0.2) is 4.98 Å². The normalized spacial score (nSPS) is 10.6. The van der Waals surface area contributed by atoms with Crippen LogP contribution in [0.1, 0.15) is 16.1 Å². The van der Waals surface area contributed by atoms with Crippen molar-refractivity contribution in [3.05, 3.63) is 59.5 Å². The molecular weight excluding hydrogens is 232 g/mol. The van der Waals surface area contributed by atoms with Crippen LogP contribution >= 0.6 is 11.3 Å². The number of benzene rings is 1. The molecule has 0 amide bonds. The molecule has 0 saturated carbocycles. The van der Waals surface area contributed by atoms with E-state index in [1.165, 1.54) is 12.4 Å². The standard InChI is InChI=1S/C13H8N2OS/c16-12(11-8-14-5-6-15-11)10-3-1-2-9-4-7-17-13(9)10/h1-8H. The van der Waals surface area contributed by atoms with Gasteiger partial charge in [0.25, 0.3) is 0 Å². The Kier molecular flexibility index (Phi) is 2.42. The van der Waals surface area contributed by atoms with E-state index in [0.717, 1.165) is 10.1 Å². The van der Waals surface area contributed by atoms with E-state index in [9.17, 15) is 4.79 Å². The van der Waals surface area contributed by atoms with Crippen LogP contribution in [-0.2, 0) is 0 Å². The number of aromatic nitrogens is 2. The molecule has 0 aliphatic heterocycles. The predicted octanol–water partition coefficient (Wildman–Crippen LogP) is 2.92. The van der Waals surface area contributed by atoms with Gasteiger partial charge in [0.1, 0.15) is 5.69 Å². The lowest BCUT2D eigenvalue weighted by molar-refractivity contribution is 0.103. The van der Waals surface area contributed by atoms with E-state index in [1.54, 1.807) is 17.5 Å². The van der Waals surface area contributed by atoms with Gasteiger partial charge in [0.15, 0.2) is 0 Å². The molecule has 0 bridgehead atoms. The molecule has 0 spiro atoms. The Labute approximate surface area is 102 Å². The smallest absolute Gasteiger partial charge is 0.214 e. The molecule has 0 fully saturated rings. The molecule has 0 aliphatic rings. The minimum Gasteiger partial charge on any atom is -0.287 e. The van der Waals surface area contributed by atoms with Gasteiger partial charge in [0, 0.05) is 22.7 Å². The van der Waals surface area contributed by atoms with Crippen molar-refractivity contribution in [3.8, 4) is 0 Å². The van der Waals surface area contributed by atoms with Crippen LogP contribution < -0.4 is 0 Å². The number of rotatable bonds is 2. The lowest BCUT2D eigenvalue weighted by atomic mass is 10.1. The Morgan fingerprint density at radius 3 is 2.94 bits per heavy atom. The Hall–Kier alpha value is -2.07. The van der Waals surface area contributed by atoms with Crippen LogP contribution in [0.4, 0.5) is 0 Å². The van der Waals surface area contributed by atoms with Crippen molar-refractivity contribution >= 4 is 27.2 Å². The number of nitrogens with zero attached hydrogens (tertiary/aromatic N) is 2. The van der Waals surface area contributed by atoms with Crippen LogP contribution in [0, 0.1) is 0 Å². The summed E-state index contributed by atoms with van der Waals surface area (Å²) in [5, 5.41) is 3.07. The second-order valence-electron chi connectivity index (χ2n) is 3.56. The highest BCUT2D eigenvalue weighted by atomic mass is 32.1. The van der Waals surface area contributed by atoms with E-state index >= 15 is 0 Å². The van der Waals surface area contributed by atoms with Crippen LogP contribution in [0.3, 0.4) is 0 Å². The minimum absolute atomic E-state index is 0.0776. The molecule has 0 radical (unpaired) electrons. The quantitative estimate of drug-likeness (QED) is 0.647. The number of carbonyl (C=O) groups excluding carboxylic acids is 1. The molecule has 0 atom stereocenters. The first-order chi connectivity index (χ1) is 8.36. The topological polar surface area (TPSA) is 42.9 Å². The van der Waals surface area contributed by atoms with Gasteiger partial charge in [-0.3, -0.25) is 9.78 Å². The van der Waals surface area contributed by atoms with Gasteiger partial charge in [0.2, 0.25) is 5.78 Å². The van der Waals surface area contributed by atoms with Crippen molar-refractivity contribution in [2.75, 3.05) is 0 Å². The third kappa shape index (κ3) is 1.72. The van der Waals surface area contributed by atoms with Crippen LogP contribution in [0.5, 0.6) is 0 Å². The summed E-state index contributed by atoms with van der Waals surface area (Å²) in [5.74, 6) is -0.0776. The number of carbonyl (C=O) groups is 1. The first-order valence-electron chi connectivity index (χ1n) is 5.13.